The van der Waals surface area contributed by atoms with Crippen LogP contribution in [0.3, 0.4) is 0 Å². The molecule has 0 atom stereocenters. The van der Waals surface area contributed by atoms with Crippen molar-refractivity contribution in [3.8, 4) is 0 Å². The molecule has 85 heavy (non-hydrogen) atoms. The number of hydrogen-bond donors (Lipinski definition) is 0. The first-order valence-electron chi connectivity index (χ1n) is 35.9. The zero-order chi connectivity index (χ0) is 60.6. The molecule has 0 saturated heterocycles. The van der Waals surface area contributed by atoms with E-state index in [1.165, 1.54) is 294 Å². The van der Waals surface area contributed by atoms with Crippen molar-refractivity contribution >= 4 is 79.5 Å². The van der Waals surface area contributed by atoms with Crippen molar-refractivity contribution in [1.29, 1.82) is 0 Å². The number of fused-ring (bicyclic) bond motifs is 2. The molecule has 9 heteroatoms. The minimum Gasteiger partial charge on any atom is -0.744 e. The van der Waals surface area contributed by atoms with Gasteiger partial charge in [-0.25, -0.2) is 16.8 Å². The van der Waals surface area contributed by atoms with E-state index in [0.717, 1.165) is 71.2 Å². The van der Waals surface area contributed by atoms with Crippen molar-refractivity contribution in [2.45, 2.75) is 371 Å². The van der Waals surface area contributed by atoms with Crippen LogP contribution in [0.4, 0.5) is 0 Å². The van der Waals surface area contributed by atoms with Crippen LogP contribution < -0.4 is 0 Å². The molecule has 0 saturated carbocycles. The van der Waals surface area contributed by atoms with E-state index in [9.17, 15) is 25.9 Å². The number of rotatable bonds is 54. The Hall–Kier alpha value is -1.52. The van der Waals surface area contributed by atoms with E-state index in [1.807, 2.05) is 12.1 Å². The van der Waals surface area contributed by atoms with Crippen molar-refractivity contribution in [2.24, 2.45) is 0 Å². The molecule has 0 unspecified atom stereocenters. The van der Waals surface area contributed by atoms with Crippen LogP contribution >= 0.6 is 0 Å². The van der Waals surface area contributed by atoms with Gasteiger partial charge in [0, 0.05) is 0 Å². The van der Waals surface area contributed by atoms with E-state index in [4.69, 9.17) is 0 Å². The third kappa shape index (κ3) is 38.1. The first-order valence-corrected chi connectivity index (χ1v) is 38.8. The molecule has 0 radical (unpaired) electrons. The van der Waals surface area contributed by atoms with Gasteiger partial charge in [-0.05, 0) is 107 Å². The predicted octanol–water partition coefficient (Wildman–Crippen LogP) is 24.1. The zero-order valence-corrected chi connectivity index (χ0v) is 59.4. The molecule has 0 fully saturated rings. The Morgan fingerprint density at radius 2 is 0.459 bits per heavy atom. The summed E-state index contributed by atoms with van der Waals surface area (Å²) in [7, 11) is -8.97. The largest absolute Gasteiger partial charge is 2.00 e. The summed E-state index contributed by atoms with van der Waals surface area (Å²) >= 11 is 0. The first-order chi connectivity index (χ1) is 40.9. The van der Waals surface area contributed by atoms with Crippen molar-refractivity contribution in [3.05, 3.63) is 82.9 Å². The van der Waals surface area contributed by atoms with Gasteiger partial charge in [-0.2, -0.15) is 0 Å². The molecular weight excluding hydrogens is 1110 g/mol. The Morgan fingerprint density at radius 1 is 0.259 bits per heavy atom. The second kappa shape index (κ2) is 52.1. The maximum atomic E-state index is 12.1. The fourth-order valence-electron chi connectivity index (χ4n) is 12.8. The molecule has 0 spiro atoms. The molecule has 4 rings (SSSR count). The van der Waals surface area contributed by atoms with E-state index in [2.05, 4.69) is 64.1 Å². The van der Waals surface area contributed by atoms with Gasteiger partial charge in [0.05, 0.1) is 9.79 Å². The predicted molar refractivity (Wildman–Crippen MR) is 369 cm³/mol. The average Bonchev–Trinajstić information content (AvgIpc) is 3.57. The molecule has 0 aliphatic carbocycles. The minimum absolute atomic E-state index is 0. The van der Waals surface area contributed by atoms with Crippen LogP contribution in [0.2, 0.25) is 0 Å². The van der Waals surface area contributed by atoms with Gasteiger partial charge in [0.1, 0.15) is 20.2 Å². The van der Waals surface area contributed by atoms with Crippen molar-refractivity contribution < 1.29 is 25.9 Å². The quantitative estimate of drug-likeness (QED) is 0.0247. The number of unbranched alkanes of at least 4 members (excludes halogenated alkanes) is 44. The molecule has 0 N–H and O–H groups in total. The number of benzene rings is 4. The first kappa shape index (κ1) is 79.6. The van der Waals surface area contributed by atoms with E-state index >= 15 is 0 Å². The monoisotopic (exact) mass is 1240 g/mol. The molecule has 6 nitrogen and oxygen atoms in total. The van der Waals surface area contributed by atoms with E-state index in [0.29, 0.717) is 12.8 Å². The molecule has 0 heterocycles. The number of aryl methyl sites for hydroxylation is 4. The van der Waals surface area contributed by atoms with Gasteiger partial charge in [-0.1, -0.05) is 359 Å². The maximum Gasteiger partial charge on any atom is 2.00 e. The molecular formula is C76H126CaO6S2. The minimum atomic E-state index is -4.49. The topological polar surface area (TPSA) is 114 Å². The Kier molecular flexibility index (Phi) is 48.8. The van der Waals surface area contributed by atoms with E-state index in [1.54, 1.807) is 12.1 Å². The summed E-state index contributed by atoms with van der Waals surface area (Å²) in [4.78, 5) is -0.0430. The number of hydrogen-bond acceptors (Lipinski definition) is 6. The third-order valence-corrected chi connectivity index (χ3v) is 19.9. The van der Waals surface area contributed by atoms with Crippen LogP contribution in [-0.4, -0.2) is 63.7 Å². The Morgan fingerprint density at radius 3 is 0.671 bits per heavy atom. The second-order valence-electron chi connectivity index (χ2n) is 25.7. The van der Waals surface area contributed by atoms with Gasteiger partial charge in [-0.15, -0.1) is 0 Å². The summed E-state index contributed by atoms with van der Waals surface area (Å²) in [5.41, 5.74) is 4.07. The van der Waals surface area contributed by atoms with Gasteiger partial charge in [0.25, 0.3) is 0 Å². The SMILES string of the molecule is CCCCCCCCCCCCCCc1ccc2c(CCCCCCCCCCCCCC)c(S(=O)(=O)[O-])ccc2c1.CCCCCCCCCCCCCCc1ccc2c(CCCCCCCCCCCCCC)c(S(=O)(=O)[O-])ccc2c1.[Ca+2]. The van der Waals surface area contributed by atoms with Crippen molar-refractivity contribution in [1.82, 2.24) is 0 Å². The summed E-state index contributed by atoms with van der Waals surface area (Å²) < 4.78 is 72.4. The molecule has 4 aromatic rings. The molecule has 0 aliphatic heterocycles. The average molecular weight is 1240 g/mol. The van der Waals surface area contributed by atoms with Crippen LogP contribution in [-0.2, 0) is 45.9 Å². The standard InChI is InChI=1S/2C38H64O3S.Ca/c2*1-3-5-7-9-11-13-15-17-19-21-23-25-27-34-29-31-36-35(33-34)30-32-38(42(39,40)41)37(36)28-26-24-22-20-18-16-14-12-10-8-6-4-2;/h2*29-33H,3-28H2,1-2H3,(H,39,40,41);/q;;+2/p-2. The summed E-state index contributed by atoms with van der Waals surface area (Å²) in [5.74, 6) is 0. The fraction of sp³-hybridized carbons (Fsp3) is 0.737. The Balaban J connectivity index is 0.000000573. The fourth-order valence-corrected chi connectivity index (χ4v) is 14.3. The van der Waals surface area contributed by atoms with Gasteiger partial charge in [0.2, 0.25) is 0 Å². The molecule has 0 aromatic heterocycles. The van der Waals surface area contributed by atoms with Crippen molar-refractivity contribution in [2.75, 3.05) is 0 Å². The Labute approximate surface area is 555 Å². The Bertz CT molecular complexity index is 2300. The van der Waals surface area contributed by atoms with Gasteiger partial charge >= 0.3 is 37.7 Å². The van der Waals surface area contributed by atoms with Crippen LogP contribution in [0.1, 0.15) is 358 Å². The molecule has 0 bridgehead atoms. The smallest absolute Gasteiger partial charge is 0.744 e. The summed E-state index contributed by atoms with van der Waals surface area (Å²) in [6, 6.07) is 19.6. The summed E-state index contributed by atoms with van der Waals surface area (Å²) in [6.45, 7) is 9.07. The van der Waals surface area contributed by atoms with Crippen LogP contribution in [0.15, 0.2) is 70.5 Å². The van der Waals surface area contributed by atoms with Crippen LogP contribution in [0.5, 0.6) is 0 Å². The van der Waals surface area contributed by atoms with E-state index in [-0.39, 0.29) is 47.5 Å². The van der Waals surface area contributed by atoms with Crippen LogP contribution in [0, 0.1) is 0 Å². The van der Waals surface area contributed by atoms with Gasteiger partial charge < -0.3 is 9.11 Å². The van der Waals surface area contributed by atoms with Crippen LogP contribution in [0.25, 0.3) is 21.5 Å². The van der Waals surface area contributed by atoms with Gasteiger partial charge in [-0.3, -0.25) is 0 Å². The zero-order valence-electron chi connectivity index (χ0n) is 55.5. The molecule has 0 amide bonds. The summed E-state index contributed by atoms with van der Waals surface area (Å²) in [5, 5.41) is 4.00. The molecule has 4 aromatic carbocycles. The molecule has 0 aliphatic rings. The maximum absolute atomic E-state index is 12.1. The second-order valence-corrected chi connectivity index (χ2v) is 28.4. The van der Waals surface area contributed by atoms with Crippen molar-refractivity contribution in [3.63, 3.8) is 0 Å². The van der Waals surface area contributed by atoms with Gasteiger partial charge in [0.15, 0.2) is 0 Å². The third-order valence-electron chi connectivity index (χ3n) is 18.0. The normalized spacial score (nSPS) is 11.8. The van der Waals surface area contributed by atoms with E-state index < -0.39 is 20.2 Å². The summed E-state index contributed by atoms with van der Waals surface area (Å²) in [6.07, 6.45) is 66.4. The molecule has 480 valence electrons.